The van der Waals surface area contributed by atoms with E-state index >= 15 is 0 Å². The van der Waals surface area contributed by atoms with Gasteiger partial charge in [-0.3, -0.25) is 4.57 Å². The molecule has 0 unspecified atom stereocenters. The summed E-state index contributed by atoms with van der Waals surface area (Å²) in [7, 11) is -3.87. The van der Waals surface area contributed by atoms with E-state index in [-0.39, 0.29) is 6.16 Å². The van der Waals surface area contributed by atoms with Gasteiger partial charge in [0, 0.05) is 6.54 Å². The Labute approximate surface area is 156 Å². The van der Waals surface area contributed by atoms with E-state index in [1.165, 1.54) is 41.5 Å². The van der Waals surface area contributed by atoms with Crippen molar-refractivity contribution < 1.29 is 14.4 Å². The molecule has 26 heavy (non-hydrogen) atoms. The van der Waals surface area contributed by atoms with E-state index in [1.807, 2.05) is 0 Å². The van der Waals surface area contributed by atoms with E-state index in [9.17, 15) is 4.57 Å². The predicted molar refractivity (Wildman–Crippen MR) is 108 cm³/mol. The lowest BCUT2D eigenvalue weighted by Gasteiger charge is -2.08. The molecule has 0 aliphatic carbocycles. The topological polar surface area (TPSA) is 69.6 Å². The van der Waals surface area contributed by atoms with Crippen LogP contribution in [0.3, 0.4) is 0 Å². The van der Waals surface area contributed by atoms with Crippen LogP contribution in [0.2, 0.25) is 0 Å². The van der Waals surface area contributed by atoms with Crippen LogP contribution in [0, 0.1) is 0 Å². The third-order valence-electron chi connectivity index (χ3n) is 4.44. The van der Waals surface area contributed by atoms with Crippen molar-refractivity contribution in [2.75, 3.05) is 12.7 Å². The molecule has 2 aromatic rings. The number of unbranched alkanes of at least 4 members (excludes halogenated alkanes) is 2. The molecule has 0 saturated heterocycles. The van der Waals surface area contributed by atoms with Gasteiger partial charge in [0.2, 0.25) is 0 Å². The molecule has 0 saturated carbocycles. The molecule has 0 aliphatic rings. The molecule has 3 N–H and O–H groups in total. The molecule has 0 bridgehead atoms. The van der Waals surface area contributed by atoms with Gasteiger partial charge in [0.15, 0.2) is 0 Å². The van der Waals surface area contributed by atoms with Crippen molar-refractivity contribution in [1.29, 1.82) is 0 Å². The predicted octanol–water partition coefficient (Wildman–Crippen LogP) is 4.74. The third kappa shape index (κ3) is 7.84. The molecule has 0 fully saturated rings. The second-order valence-corrected chi connectivity index (χ2v) is 8.55. The van der Waals surface area contributed by atoms with Gasteiger partial charge in [-0.15, -0.1) is 0 Å². The van der Waals surface area contributed by atoms with Gasteiger partial charge >= 0.3 is 7.60 Å². The molecular formula is C21H30NO3P. The Hall–Kier alpha value is -1.45. The minimum Gasteiger partial charge on any atom is -0.324 e. The maximum atomic E-state index is 10.8. The lowest BCUT2D eigenvalue weighted by Crippen LogP contribution is -2.15. The molecule has 0 aromatic heterocycles. The summed E-state index contributed by atoms with van der Waals surface area (Å²) in [6.45, 7) is 3.54. The van der Waals surface area contributed by atoms with E-state index in [0.717, 1.165) is 6.42 Å². The molecule has 0 aliphatic heterocycles. The van der Waals surface area contributed by atoms with Crippen LogP contribution in [0.25, 0.3) is 11.1 Å². The first-order chi connectivity index (χ1) is 12.5. The summed E-state index contributed by atoms with van der Waals surface area (Å²) in [4.78, 5) is 17.7. The van der Waals surface area contributed by atoms with Gasteiger partial charge in [-0.1, -0.05) is 68.3 Å². The summed E-state index contributed by atoms with van der Waals surface area (Å²) in [5.41, 5.74) is 5.00. The Morgan fingerprint density at radius 3 is 1.96 bits per heavy atom. The highest BCUT2D eigenvalue weighted by Crippen LogP contribution is 2.34. The highest BCUT2D eigenvalue weighted by atomic mass is 31.2. The zero-order valence-corrected chi connectivity index (χ0v) is 16.4. The van der Waals surface area contributed by atoms with Gasteiger partial charge in [-0.25, -0.2) is 0 Å². The molecule has 2 aromatic carbocycles. The van der Waals surface area contributed by atoms with E-state index in [2.05, 4.69) is 60.8 Å². The Morgan fingerprint density at radius 2 is 1.42 bits per heavy atom. The lowest BCUT2D eigenvalue weighted by atomic mass is 10.0. The molecule has 2 rings (SSSR count). The summed E-state index contributed by atoms with van der Waals surface area (Å²) in [6, 6.07) is 17.3. The van der Waals surface area contributed by atoms with Crippen molar-refractivity contribution in [2.24, 2.45) is 0 Å². The van der Waals surface area contributed by atoms with Crippen LogP contribution in [0.5, 0.6) is 0 Å². The highest BCUT2D eigenvalue weighted by molar-refractivity contribution is 7.51. The number of rotatable bonds is 11. The summed E-state index contributed by atoms with van der Waals surface area (Å²) in [5.74, 6) is 0. The van der Waals surface area contributed by atoms with Crippen molar-refractivity contribution in [3.63, 3.8) is 0 Å². The van der Waals surface area contributed by atoms with Gasteiger partial charge in [0.25, 0.3) is 0 Å². The Kier molecular flexibility index (Phi) is 8.53. The normalized spacial score (nSPS) is 11.7. The van der Waals surface area contributed by atoms with E-state index in [1.54, 1.807) is 0 Å². The lowest BCUT2D eigenvalue weighted by molar-refractivity contribution is 0.371. The fourth-order valence-electron chi connectivity index (χ4n) is 2.90. The molecule has 0 radical (unpaired) electrons. The van der Waals surface area contributed by atoms with Gasteiger partial charge in [0.05, 0.1) is 6.16 Å². The van der Waals surface area contributed by atoms with Crippen LogP contribution < -0.4 is 5.32 Å². The summed E-state index contributed by atoms with van der Waals surface area (Å²) < 4.78 is 10.8. The van der Waals surface area contributed by atoms with Crippen molar-refractivity contribution >= 4 is 7.60 Å². The Balaban J connectivity index is 1.80. The zero-order chi connectivity index (χ0) is 18.8. The monoisotopic (exact) mass is 375 g/mol. The minimum atomic E-state index is -3.87. The van der Waals surface area contributed by atoms with Gasteiger partial charge < -0.3 is 15.1 Å². The van der Waals surface area contributed by atoms with Crippen molar-refractivity contribution in [2.45, 2.75) is 45.6 Å². The zero-order valence-electron chi connectivity index (χ0n) is 15.5. The second-order valence-electron chi connectivity index (χ2n) is 6.77. The first-order valence-corrected chi connectivity index (χ1v) is 11.2. The fraction of sp³-hybridized carbons (Fsp3) is 0.429. The summed E-state index contributed by atoms with van der Waals surface area (Å²) in [5, 5.41) is 3.22. The standard InChI is InChI=1S/C21H30NO3P/c1-2-3-4-6-18-7-11-20(12-8-18)21-13-9-19(10-14-21)17-22-15-5-16-26(23,24)25/h7-14,22H,2-6,15-17H2,1H3,(H2,23,24,25). The number of nitrogens with one attached hydrogen (secondary N) is 1. The average Bonchev–Trinajstić information content (AvgIpc) is 2.62. The third-order valence-corrected chi connectivity index (χ3v) is 5.34. The number of aryl methyl sites for hydroxylation is 1. The molecule has 4 nitrogen and oxygen atoms in total. The van der Waals surface area contributed by atoms with Crippen molar-refractivity contribution in [1.82, 2.24) is 5.32 Å². The SMILES string of the molecule is CCCCCc1ccc(-c2ccc(CNCCCP(=O)(O)O)cc2)cc1. The van der Waals surface area contributed by atoms with E-state index < -0.39 is 7.60 Å². The molecular weight excluding hydrogens is 345 g/mol. The Bertz CT molecular complexity index is 692. The van der Waals surface area contributed by atoms with Gasteiger partial charge in [0.1, 0.15) is 0 Å². The molecule has 0 heterocycles. The van der Waals surface area contributed by atoms with Gasteiger partial charge in [-0.2, -0.15) is 0 Å². The molecule has 0 amide bonds. The molecule has 0 spiro atoms. The quantitative estimate of drug-likeness (QED) is 0.392. The van der Waals surface area contributed by atoms with E-state index in [4.69, 9.17) is 9.79 Å². The molecule has 5 heteroatoms. The molecule has 142 valence electrons. The van der Waals surface area contributed by atoms with Crippen molar-refractivity contribution in [3.05, 3.63) is 59.7 Å². The first kappa shape index (κ1) is 20.9. The first-order valence-electron chi connectivity index (χ1n) is 9.41. The molecule has 0 atom stereocenters. The summed E-state index contributed by atoms with van der Waals surface area (Å²) in [6.07, 6.45) is 5.37. The minimum absolute atomic E-state index is 0.0621. The van der Waals surface area contributed by atoms with Crippen LogP contribution >= 0.6 is 7.60 Å². The van der Waals surface area contributed by atoms with Crippen LogP contribution in [0.15, 0.2) is 48.5 Å². The maximum absolute atomic E-state index is 10.8. The van der Waals surface area contributed by atoms with Crippen LogP contribution in [0.1, 0.15) is 43.7 Å². The number of hydrogen-bond donors (Lipinski definition) is 3. The van der Waals surface area contributed by atoms with Crippen LogP contribution in [-0.2, 0) is 17.5 Å². The second kappa shape index (κ2) is 10.6. The fourth-order valence-corrected chi connectivity index (χ4v) is 3.47. The number of benzene rings is 2. The van der Waals surface area contributed by atoms with E-state index in [0.29, 0.717) is 19.5 Å². The van der Waals surface area contributed by atoms with Crippen LogP contribution in [0.4, 0.5) is 0 Å². The highest BCUT2D eigenvalue weighted by Gasteiger charge is 2.10. The van der Waals surface area contributed by atoms with Gasteiger partial charge in [-0.05, 0) is 48.1 Å². The number of hydrogen-bond acceptors (Lipinski definition) is 2. The smallest absolute Gasteiger partial charge is 0.324 e. The van der Waals surface area contributed by atoms with Crippen molar-refractivity contribution in [3.8, 4) is 11.1 Å². The summed E-state index contributed by atoms with van der Waals surface area (Å²) >= 11 is 0. The average molecular weight is 375 g/mol. The largest absolute Gasteiger partial charge is 0.325 e. The Morgan fingerprint density at radius 1 is 0.846 bits per heavy atom. The maximum Gasteiger partial charge on any atom is 0.325 e. The van der Waals surface area contributed by atoms with Crippen LogP contribution in [-0.4, -0.2) is 22.5 Å².